The maximum atomic E-state index is 15.0. The van der Waals surface area contributed by atoms with E-state index in [-0.39, 0.29) is 18.8 Å². The van der Waals surface area contributed by atoms with Gasteiger partial charge in [0.2, 0.25) is 0 Å². The first-order valence-electron chi connectivity index (χ1n) is 27.4. The van der Waals surface area contributed by atoms with Gasteiger partial charge in [0, 0.05) is 106 Å². The van der Waals surface area contributed by atoms with E-state index in [1.165, 1.54) is 41.9 Å². The Morgan fingerprint density at radius 3 is 2.46 bits per heavy atom. The third-order valence-electron chi connectivity index (χ3n) is 16.0. The van der Waals surface area contributed by atoms with E-state index in [1.54, 1.807) is 35.0 Å². The number of carbonyl (C=O) groups excluding carboxylic acids is 3. The molecule has 0 unspecified atom stereocenters. The van der Waals surface area contributed by atoms with E-state index in [1.807, 2.05) is 12.3 Å². The Morgan fingerprint density at radius 1 is 1.01 bits per heavy atom. The molecule has 416 valence electrons. The van der Waals surface area contributed by atoms with Gasteiger partial charge in [-0.2, -0.15) is 0 Å². The molecular formula is C57H82N8O10S. The molecule has 5 atom stereocenters. The second-order valence-corrected chi connectivity index (χ2v) is 24.6. The summed E-state index contributed by atoms with van der Waals surface area (Å²) < 4.78 is 37.5. The van der Waals surface area contributed by atoms with Crippen molar-refractivity contribution in [3.63, 3.8) is 0 Å². The summed E-state index contributed by atoms with van der Waals surface area (Å²) in [5.41, 5.74) is 9.10. The van der Waals surface area contributed by atoms with Gasteiger partial charge in [-0.05, 0) is 133 Å². The van der Waals surface area contributed by atoms with Gasteiger partial charge in [0.15, 0.2) is 0 Å². The number of alkyl carbamates (subject to hydrolysis) is 1. The molecule has 1 aromatic carbocycles. The number of pyridine rings is 1. The number of rotatable bonds is 20. The van der Waals surface area contributed by atoms with Gasteiger partial charge < -0.3 is 43.4 Å². The Bertz CT molecular complexity index is 2690. The normalized spacial score (nSPS) is 22.1. The summed E-state index contributed by atoms with van der Waals surface area (Å²) >= 11 is 1.42. The van der Waals surface area contributed by atoms with Gasteiger partial charge in [-0.25, -0.2) is 15.2 Å². The molecule has 4 aliphatic heterocycles. The van der Waals surface area contributed by atoms with Gasteiger partial charge in [0.25, 0.3) is 5.91 Å². The molecule has 5 fully saturated rings. The summed E-state index contributed by atoms with van der Waals surface area (Å²) in [4.78, 5) is 56.9. The Morgan fingerprint density at radius 2 is 1.78 bits per heavy atom. The summed E-state index contributed by atoms with van der Waals surface area (Å²) in [5, 5.41) is 19.0. The number of methoxy groups -OCH3 is 3. The number of hydrogen-bond acceptors (Lipinski definition) is 16. The second-order valence-electron chi connectivity index (χ2n) is 23.7. The maximum Gasteiger partial charge on any atom is 0.408 e. The number of amides is 2. The van der Waals surface area contributed by atoms with Gasteiger partial charge in [-0.3, -0.25) is 29.4 Å². The predicted octanol–water partition coefficient (Wildman–Crippen LogP) is 7.57. The molecule has 19 heteroatoms. The van der Waals surface area contributed by atoms with Gasteiger partial charge >= 0.3 is 12.1 Å². The minimum Gasteiger partial charge on any atom is -0.468 e. The van der Waals surface area contributed by atoms with Crippen LogP contribution >= 0.6 is 11.3 Å². The number of nitrogens with zero attached hydrogens (tertiary/aromatic N) is 6. The number of aliphatic hydroxyl groups is 1. The molecule has 4 saturated heterocycles. The topological polar surface area (TPSA) is 191 Å². The van der Waals surface area contributed by atoms with E-state index in [0.29, 0.717) is 87.9 Å². The number of esters is 1. The van der Waals surface area contributed by atoms with Crippen LogP contribution in [-0.2, 0) is 51.0 Å². The molecule has 76 heavy (non-hydrogen) atoms. The number of thiazole rings is 1. The lowest BCUT2D eigenvalue weighted by molar-refractivity contribution is -0.156. The van der Waals surface area contributed by atoms with E-state index in [2.05, 4.69) is 76.3 Å². The standard InChI is InChI=1S/C57H82N8O10S/c1-35(70-8)47-42(27-38(29-58-47)37-17-21-62(30-37)39-14-15-39)49-43(28-56(5,6)34-66)41-26-36(13-16-46(41)64(49)22-25-74-40-18-23-73-24-19-40)45-31-76-51(59-45)50(63-32-57(7,33-63)72-10)48(60-54(69)75-55(2,3)4)52(67)65-20-11-12-44(61-65)53(68)71-9/h13,16,26-27,29,31,35,37,39-40,44,48,50,61,66H,11-12,14-15,17-25,28,30,32-34H2,1-10H3,(H,60,69)/t35-,37+,44-,48-,50-/m0/s1. The van der Waals surface area contributed by atoms with Crippen LogP contribution in [0.2, 0.25) is 0 Å². The van der Waals surface area contributed by atoms with Crippen molar-refractivity contribution in [2.24, 2.45) is 5.41 Å². The average molecular weight is 1070 g/mol. The third kappa shape index (κ3) is 12.6. The number of likely N-dealkylation sites (tertiary alicyclic amines) is 2. The predicted molar refractivity (Wildman–Crippen MR) is 291 cm³/mol. The molecule has 3 N–H and O–H groups in total. The summed E-state index contributed by atoms with van der Waals surface area (Å²) in [5.74, 6) is -0.547. The molecule has 0 radical (unpaired) electrons. The van der Waals surface area contributed by atoms with Crippen LogP contribution in [0, 0.1) is 5.41 Å². The SMILES string of the molecule is COC(=O)[C@@H]1CCCN(C(=O)[C@@H](NC(=O)OC(C)(C)C)[C@@H](c2nc(-c3ccc4c(c3)c(CC(C)(C)CO)c(-c3cc([C@@H]5CCN(C6CC6)C5)cnc3[C@H](C)OC)n4CCOC3CCOCC3)cs2)N2CC(C)(OC)C2)N1. The highest BCUT2D eigenvalue weighted by Gasteiger charge is 2.50. The number of hydrazine groups is 1. The molecule has 9 rings (SSSR count). The zero-order chi connectivity index (χ0) is 54.1. The minimum absolute atomic E-state index is 0.0205. The quantitative estimate of drug-likeness (QED) is 0.0735. The number of aliphatic hydroxyl groups excluding tert-OH is 1. The number of hydrogen-bond donors (Lipinski definition) is 3. The summed E-state index contributed by atoms with van der Waals surface area (Å²) in [6.45, 7) is 19.4. The first-order chi connectivity index (χ1) is 36.3. The number of nitrogens with one attached hydrogen (secondary N) is 2. The van der Waals surface area contributed by atoms with Crippen molar-refractivity contribution >= 4 is 40.2 Å². The van der Waals surface area contributed by atoms with Gasteiger partial charge in [0.1, 0.15) is 22.7 Å². The average Bonchev–Trinajstić information content (AvgIpc) is 3.89. The first kappa shape index (κ1) is 56.2. The Hall–Kier alpha value is -4.57. The molecule has 1 saturated carbocycles. The lowest BCUT2D eigenvalue weighted by Gasteiger charge is -2.51. The number of benzene rings is 1. The fourth-order valence-electron chi connectivity index (χ4n) is 11.5. The maximum absolute atomic E-state index is 15.0. The highest BCUT2D eigenvalue weighted by Crippen LogP contribution is 2.45. The van der Waals surface area contributed by atoms with Crippen molar-refractivity contribution in [2.45, 2.75) is 160 Å². The molecule has 5 aliphatic rings. The smallest absolute Gasteiger partial charge is 0.408 e. The van der Waals surface area contributed by atoms with Gasteiger partial charge in [-0.15, -0.1) is 11.3 Å². The van der Waals surface area contributed by atoms with Crippen LogP contribution in [0.4, 0.5) is 4.79 Å². The zero-order valence-electron chi connectivity index (χ0n) is 46.4. The number of carbonyl (C=O) groups is 3. The zero-order valence-corrected chi connectivity index (χ0v) is 47.3. The summed E-state index contributed by atoms with van der Waals surface area (Å²) in [7, 11) is 4.73. The lowest BCUT2D eigenvalue weighted by atomic mass is 9.84. The van der Waals surface area contributed by atoms with Crippen LogP contribution in [-0.4, -0.2) is 168 Å². The van der Waals surface area contributed by atoms with Gasteiger partial charge in [-0.1, -0.05) is 19.9 Å². The van der Waals surface area contributed by atoms with E-state index < -0.39 is 52.7 Å². The van der Waals surface area contributed by atoms with Crippen molar-refractivity contribution in [1.82, 2.24) is 40.1 Å². The Labute approximate surface area is 452 Å². The lowest BCUT2D eigenvalue weighted by Crippen LogP contribution is -2.67. The number of ether oxygens (including phenoxy) is 6. The van der Waals surface area contributed by atoms with Crippen molar-refractivity contribution < 1.29 is 47.9 Å². The fraction of sp³-hybridized carbons (Fsp3) is 0.667. The first-order valence-corrected chi connectivity index (χ1v) is 28.3. The molecule has 1 aliphatic carbocycles. The van der Waals surface area contributed by atoms with Crippen LogP contribution in [0.3, 0.4) is 0 Å². The third-order valence-corrected chi connectivity index (χ3v) is 16.9. The van der Waals surface area contributed by atoms with E-state index in [4.69, 9.17) is 38.4 Å². The van der Waals surface area contributed by atoms with Crippen molar-refractivity contribution in [2.75, 3.05) is 80.5 Å². The molecule has 0 spiro atoms. The van der Waals surface area contributed by atoms with Crippen LogP contribution in [0.25, 0.3) is 33.4 Å². The van der Waals surface area contributed by atoms with Crippen LogP contribution < -0.4 is 10.7 Å². The van der Waals surface area contributed by atoms with E-state index in [9.17, 15) is 19.5 Å². The van der Waals surface area contributed by atoms with Crippen LogP contribution in [0.1, 0.15) is 133 Å². The number of fused-ring (bicyclic) bond motifs is 1. The molecule has 3 aromatic heterocycles. The molecule has 18 nitrogen and oxygen atoms in total. The molecular weight excluding hydrogens is 989 g/mol. The monoisotopic (exact) mass is 1070 g/mol. The van der Waals surface area contributed by atoms with E-state index in [0.717, 1.165) is 71.3 Å². The van der Waals surface area contributed by atoms with Gasteiger partial charge in [0.05, 0.1) is 54.6 Å². The minimum atomic E-state index is -1.18. The second kappa shape index (κ2) is 23.4. The summed E-state index contributed by atoms with van der Waals surface area (Å²) in [6.07, 6.45) is 8.10. The number of aromatic nitrogens is 3. The molecule has 0 bridgehead atoms. The van der Waals surface area contributed by atoms with Crippen LogP contribution in [0.5, 0.6) is 0 Å². The highest BCUT2D eigenvalue weighted by atomic mass is 32.1. The Kier molecular flexibility index (Phi) is 17.3. The molecule has 4 aromatic rings. The van der Waals surface area contributed by atoms with Crippen molar-refractivity contribution in [3.8, 4) is 22.5 Å². The summed E-state index contributed by atoms with van der Waals surface area (Å²) in [6, 6.07) is 6.91. The fourth-order valence-corrected chi connectivity index (χ4v) is 12.5. The highest BCUT2D eigenvalue weighted by molar-refractivity contribution is 7.10. The Balaban J connectivity index is 1.16. The van der Waals surface area contributed by atoms with Crippen molar-refractivity contribution in [1.29, 1.82) is 0 Å². The largest absolute Gasteiger partial charge is 0.468 e. The van der Waals surface area contributed by atoms with E-state index >= 15 is 0 Å². The van der Waals surface area contributed by atoms with Crippen LogP contribution in [0.15, 0.2) is 35.8 Å². The molecule has 7 heterocycles. The molecule has 2 amide bonds. The van der Waals surface area contributed by atoms with Crippen molar-refractivity contribution in [3.05, 3.63) is 57.7 Å².